The van der Waals surface area contributed by atoms with Gasteiger partial charge < -0.3 is 25.9 Å². The first-order valence-corrected chi connectivity index (χ1v) is 9.85. The number of nitrogens with one attached hydrogen (secondary N) is 2. The highest BCUT2D eigenvalue weighted by atomic mass is 19.1. The van der Waals surface area contributed by atoms with Crippen molar-refractivity contribution in [3.05, 3.63) is 65.6 Å². The van der Waals surface area contributed by atoms with Crippen LogP contribution in [0.5, 0.6) is 0 Å². The normalized spacial score (nSPS) is 13.4. The predicted octanol–water partition coefficient (Wildman–Crippen LogP) is 3.60. The monoisotopic (exact) mass is 441 g/mol. The minimum atomic E-state index is -1.41. The van der Waals surface area contributed by atoms with E-state index < -0.39 is 41.2 Å². The van der Waals surface area contributed by atoms with Crippen molar-refractivity contribution in [1.29, 1.82) is 0 Å². The minimum absolute atomic E-state index is 0.00781. The Bertz CT molecular complexity index is 1160. The quantitative estimate of drug-likeness (QED) is 0.341. The molecule has 0 saturated heterocycles. The Kier molecular flexibility index (Phi) is 6.31. The van der Waals surface area contributed by atoms with Gasteiger partial charge >= 0.3 is 11.9 Å². The Labute approximate surface area is 183 Å². The van der Waals surface area contributed by atoms with E-state index in [1.807, 2.05) is 0 Å². The molecule has 0 aliphatic heterocycles. The van der Waals surface area contributed by atoms with E-state index in [1.54, 1.807) is 39.0 Å². The van der Waals surface area contributed by atoms with Crippen molar-refractivity contribution in [2.75, 3.05) is 5.32 Å². The molecule has 5 N–H and O–H groups in total. The Balaban J connectivity index is 1.90. The lowest BCUT2D eigenvalue weighted by molar-refractivity contribution is -0.162. The van der Waals surface area contributed by atoms with E-state index in [9.17, 15) is 18.8 Å². The average molecular weight is 441 g/mol. The molecule has 8 nitrogen and oxygen atoms in total. The Morgan fingerprint density at radius 1 is 1.09 bits per heavy atom. The zero-order valence-corrected chi connectivity index (χ0v) is 17.8. The van der Waals surface area contributed by atoms with Gasteiger partial charge in [0.15, 0.2) is 5.92 Å². The van der Waals surface area contributed by atoms with Gasteiger partial charge in [-0.1, -0.05) is 12.1 Å². The van der Waals surface area contributed by atoms with Crippen LogP contribution in [-0.2, 0) is 14.3 Å². The fourth-order valence-corrected chi connectivity index (χ4v) is 3.21. The molecule has 3 rings (SSSR count). The van der Waals surface area contributed by atoms with E-state index in [0.717, 1.165) is 0 Å². The molecule has 0 aliphatic carbocycles. The van der Waals surface area contributed by atoms with Gasteiger partial charge in [-0.3, -0.25) is 9.59 Å². The second-order valence-electron chi connectivity index (χ2n) is 8.37. The average Bonchev–Trinajstić information content (AvgIpc) is 3.11. The molecular weight excluding hydrogens is 417 g/mol. The molecule has 0 bridgehead atoms. The van der Waals surface area contributed by atoms with E-state index >= 15 is 0 Å². The van der Waals surface area contributed by atoms with Gasteiger partial charge in [-0.15, -0.1) is 0 Å². The third-order valence-corrected chi connectivity index (χ3v) is 4.68. The number of hydrogen-bond donors (Lipinski definition) is 4. The van der Waals surface area contributed by atoms with Crippen molar-refractivity contribution in [2.45, 2.75) is 32.4 Å². The van der Waals surface area contributed by atoms with Crippen molar-refractivity contribution < 1.29 is 28.6 Å². The van der Waals surface area contributed by atoms with Crippen molar-refractivity contribution >= 4 is 34.4 Å². The zero-order valence-electron chi connectivity index (χ0n) is 17.8. The molecule has 32 heavy (non-hydrogen) atoms. The van der Waals surface area contributed by atoms with Crippen LogP contribution in [0, 0.1) is 11.7 Å². The second-order valence-corrected chi connectivity index (χ2v) is 8.37. The fourth-order valence-electron chi connectivity index (χ4n) is 3.21. The molecule has 2 aromatic carbocycles. The number of anilines is 1. The fraction of sp³-hybridized carbons (Fsp3) is 0.261. The lowest BCUT2D eigenvalue weighted by atomic mass is 9.92. The maximum absolute atomic E-state index is 13.3. The summed E-state index contributed by atoms with van der Waals surface area (Å²) in [6.07, 6.45) is 0. The standard InChI is InChI=1S/C23H24FN3O5/c1-23(2,3)32-22(31)18(19(25)12-4-6-14(24)7-5-12)20(28)26-15-8-9-16-13(10-15)11-17(27-16)21(29)30/h4-11,18-19,27H,25H2,1-3H3,(H,26,28)(H,29,30). The number of fused-ring (bicyclic) bond motifs is 1. The Hall–Kier alpha value is -3.72. The van der Waals surface area contributed by atoms with E-state index in [-0.39, 0.29) is 5.69 Å². The van der Waals surface area contributed by atoms with Crippen LogP contribution < -0.4 is 11.1 Å². The van der Waals surface area contributed by atoms with Gasteiger partial charge in [-0.25, -0.2) is 9.18 Å². The van der Waals surface area contributed by atoms with Crippen molar-refractivity contribution in [3.8, 4) is 0 Å². The smallest absolute Gasteiger partial charge is 0.352 e. The number of carboxylic acids is 1. The van der Waals surface area contributed by atoms with Gasteiger partial charge in [0.2, 0.25) is 5.91 Å². The number of H-pyrrole nitrogens is 1. The number of benzene rings is 2. The molecule has 2 atom stereocenters. The van der Waals surface area contributed by atoms with Gasteiger partial charge in [0.1, 0.15) is 17.1 Å². The number of amides is 1. The first-order chi connectivity index (χ1) is 14.9. The first kappa shape index (κ1) is 23.0. The molecule has 168 valence electrons. The Morgan fingerprint density at radius 3 is 2.34 bits per heavy atom. The molecule has 0 aliphatic rings. The van der Waals surface area contributed by atoms with Crippen LogP contribution in [0.15, 0.2) is 48.5 Å². The number of ether oxygens (including phenoxy) is 1. The summed E-state index contributed by atoms with van der Waals surface area (Å²) >= 11 is 0. The summed E-state index contributed by atoms with van der Waals surface area (Å²) in [5, 5.41) is 12.3. The van der Waals surface area contributed by atoms with E-state index in [0.29, 0.717) is 22.2 Å². The number of hydrogen-bond acceptors (Lipinski definition) is 5. The third-order valence-electron chi connectivity index (χ3n) is 4.68. The molecule has 0 saturated carbocycles. The van der Waals surface area contributed by atoms with Crippen LogP contribution >= 0.6 is 0 Å². The van der Waals surface area contributed by atoms with Crippen LogP contribution in [0.4, 0.5) is 10.1 Å². The molecule has 3 aromatic rings. The molecule has 0 fully saturated rings. The summed E-state index contributed by atoms with van der Waals surface area (Å²) in [5.41, 5.74) is 6.71. The first-order valence-electron chi connectivity index (χ1n) is 9.85. The van der Waals surface area contributed by atoms with Crippen LogP contribution in [0.3, 0.4) is 0 Å². The Morgan fingerprint density at radius 2 is 1.75 bits per heavy atom. The number of aromatic amines is 1. The number of esters is 1. The molecule has 1 heterocycles. The van der Waals surface area contributed by atoms with Crippen LogP contribution in [0.2, 0.25) is 0 Å². The highest BCUT2D eigenvalue weighted by molar-refractivity contribution is 6.06. The maximum Gasteiger partial charge on any atom is 0.352 e. The van der Waals surface area contributed by atoms with Crippen molar-refractivity contribution in [1.82, 2.24) is 4.98 Å². The third kappa shape index (κ3) is 5.30. The molecule has 2 unspecified atom stereocenters. The van der Waals surface area contributed by atoms with Crippen molar-refractivity contribution in [2.24, 2.45) is 11.7 Å². The minimum Gasteiger partial charge on any atom is -0.477 e. The molecular formula is C23H24FN3O5. The van der Waals surface area contributed by atoms with Crippen LogP contribution in [-0.4, -0.2) is 33.5 Å². The summed E-state index contributed by atoms with van der Waals surface area (Å²) in [7, 11) is 0. The second kappa shape index (κ2) is 8.80. The number of aromatic carboxylic acids is 1. The highest BCUT2D eigenvalue weighted by Crippen LogP contribution is 2.26. The van der Waals surface area contributed by atoms with Gasteiger partial charge in [-0.2, -0.15) is 0 Å². The lowest BCUT2D eigenvalue weighted by Crippen LogP contribution is -2.41. The number of carbonyl (C=O) groups is 3. The molecule has 1 amide bonds. The maximum atomic E-state index is 13.3. The molecule has 0 radical (unpaired) electrons. The zero-order chi connectivity index (χ0) is 23.6. The van der Waals surface area contributed by atoms with Crippen LogP contribution in [0.1, 0.15) is 42.9 Å². The summed E-state index contributed by atoms with van der Waals surface area (Å²) in [6.45, 7) is 5.01. The summed E-state index contributed by atoms with van der Waals surface area (Å²) in [6, 6.07) is 10.3. The topological polar surface area (TPSA) is 135 Å². The molecule has 9 heteroatoms. The van der Waals surface area contributed by atoms with E-state index in [2.05, 4.69) is 10.3 Å². The molecule has 1 aromatic heterocycles. The van der Waals surface area contributed by atoms with Gasteiger partial charge in [0.25, 0.3) is 0 Å². The van der Waals surface area contributed by atoms with Crippen LogP contribution in [0.25, 0.3) is 10.9 Å². The van der Waals surface area contributed by atoms with Gasteiger partial charge in [0, 0.05) is 16.6 Å². The number of carboxylic acid groups (broad SMARTS) is 1. The number of halogens is 1. The van der Waals surface area contributed by atoms with Crippen molar-refractivity contribution in [3.63, 3.8) is 0 Å². The number of rotatable bonds is 6. The summed E-state index contributed by atoms with van der Waals surface area (Å²) in [4.78, 5) is 39.9. The van der Waals surface area contributed by atoms with E-state index in [1.165, 1.54) is 30.3 Å². The summed E-state index contributed by atoms with van der Waals surface area (Å²) < 4.78 is 18.7. The lowest BCUT2D eigenvalue weighted by Gasteiger charge is -2.27. The summed E-state index contributed by atoms with van der Waals surface area (Å²) in [5.74, 6) is -4.51. The van der Waals surface area contributed by atoms with Gasteiger partial charge in [0.05, 0.1) is 6.04 Å². The van der Waals surface area contributed by atoms with Gasteiger partial charge in [-0.05, 0) is 62.7 Å². The SMILES string of the molecule is CC(C)(C)OC(=O)C(C(=O)Nc1ccc2[nH]c(C(=O)O)cc2c1)C(N)c1ccc(F)cc1. The molecule has 0 spiro atoms. The number of aromatic nitrogens is 1. The van der Waals surface area contributed by atoms with E-state index in [4.69, 9.17) is 15.6 Å². The highest BCUT2D eigenvalue weighted by Gasteiger charge is 2.37. The predicted molar refractivity (Wildman–Crippen MR) is 117 cm³/mol. The number of nitrogens with two attached hydrogens (primary N) is 1. The number of carbonyl (C=O) groups excluding carboxylic acids is 2. The largest absolute Gasteiger partial charge is 0.477 e.